The average molecular weight is 634 g/mol. The quantitative estimate of drug-likeness (QED) is 0.243. The summed E-state index contributed by atoms with van der Waals surface area (Å²) in [6, 6.07) is 16.3. The van der Waals surface area contributed by atoms with E-state index in [1.165, 1.54) is 7.11 Å². The monoisotopic (exact) mass is 633 g/mol. The molecule has 0 bridgehead atoms. The predicted octanol–water partition coefficient (Wildman–Crippen LogP) is 4.98. The lowest BCUT2D eigenvalue weighted by molar-refractivity contribution is -0.153. The number of aliphatic carboxylic acids is 1. The van der Waals surface area contributed by atoms with Crippen LogP contribution in [0.4, 0.5) is 0 Å². The summed E-state index contributed by atoms with van der Waals surface area (Å²) in [5.74, 6) is -1.72. The molecule has 1 amide bonds. The largest absolute Gasteiger partial charge is 0.497 e. The Morgan fingerprint density at radius 3 is 2.28 bits per heavy atom. The Kier molecular flexibility index (Phi) is 10.2. The lowest BCUT2D eigenvalue weighted by Gasteiger charge is -2.25. The highest BCUT2D eigenvalue weighted by Gasteiger charge is 2.48. The number of hydrogen-bond donors (Lipinski definition) is 1. The van der Waals surface area contributed by atoms with Crippen molar-refractivity contribution in [2.45, 2.75) is 39.0 Å². The Balaban J connectivity index is 1.52. The number of fused-ring (bicyclic) bond motifs is 2. The summed E-state index contributed by atoms with van der Waals surface area (Å²) in [6.45, 7) is 6.42. The van der Waals surface area contributed by atoms with Gasteiger partial charge in [-0.25, -0.2) is 4.79 Å². The van der Waals surface area contributed by atoms with Gasteiger partial charge in [-0.3, -0.25) is 9.59 Å². The number of rotatable bonds is 14. The molecule has 3 atom stereocenters. The molecule has 1 aliphatic heterocycles. The van der Waals surface area contributed by atoms with Gasteiger partial charge in [0, 0.05) is 36.6 Å². The number of carboxylic acids is 1. The molecule has 5 rings (SSSR count). The van der Waals surface area contributed by atoms with Crippen LogP contribution >= 0.6 is 0 Å². The van der Waals surface area contributed by atoms with Crippen LogP contribution < -0.4 is 23.7 Å². The number of hydrogen-bond acceptors (Lipinski definition) is 9. The zero-order valence-corrected chi connectivity index (χ0v) is 26.4. The molecule has 0 saturated heterocycles. The number of likely N-dealkylation sites (N-methyl/N-ethyl adjacent to an activating group) is 1. The van der Waals surface area contributed by atoms with E-state index in [2.05, 4.69) is 0 Å². The summed E-state index contributed by atoms with van der Waals surface area (Å²) in [5, 5.41) is 10.8. The standard InChI is InChI=1S/C35H39NO10/c1-5-14-42-23-10-11-24-26(16-23)33(34(35(39)40)32(24)21-8-13-27-29(15-21)46-20-45-27)25-12-9-22(41-4)17-28(25)43-19-31(38)44-18-30(37)36(6-2)7-3/h8-13,15-17,32-34H,5-7,14,18-20H2,1-4H3,(H,39,40). The normalized spacial score (nSPS) is 17.6. The van der Waals surface area contributed by atoms with Crippen LogP contribution in [-0.4, -0.2) is 74.7 Å². The van der Waals surface area contributed by atoms with Crippen LogP contribution in [0.5, 0.6) is 28.7 Å². The fourth-order valence-corrected chi connectivity index (χ4v) is 6.15. The number of carbonyl (C=O) groups is 3. The summed E-state index contributed by atoms with van der Waals surface area (Å²) in [4.78, 5) is 39.8. The van der Waals surface area contributed by atoms with E-state index in [-0.39, 0.29) is 18.4 Å². The van der Waals surface area contributed by atoms with Gasteiger partial charge in [-0.2, -0.15) is 0 Å². The summed E-state index contributed by atoms with van der Waals surface area (Å²) in [6.07, 6.45) is 0.811. The second kappa shape index (κ2) is 14.4. The number of nitrogens with zero attached hydrogens (tertiary/aromatic N) is 1. The lowest BCUT2D eigenvalue weighted by Crippen LogP contribution is -2.34. The molecule has 1 aliphatic carbocycles. The highest BCUT2D eigenvalue weighted by Crippen LogP contribution is 2.56. The molecule has 1 heterocycles. The molecule has 244 valence electrons. The van der Waals surface area contributed by atoms with Crippen molar-refractivity contribution in [2.75, 3.05) is 46.8 Å². The molecule has 2 aliphatic rings. The third-order valence-electron chi connectivity index (χ3n) is 8.33. The number of esters is 1. The Labute approximate surface area is 267 Å². The van der Waals surface area contributed by atoms with Crippen molar-refractivity contribution in [2.24, 2.45) is 5.92 Å². The van der Waals surface area contributed by atoms with Gasteiger partial charge in [0.25, 0.3) is 5.91 Å². The van der Waals surface area contributed by atoms with Crippen LogP contribution in [0, 0.1) is 5.92 Å². The fraction of sp³-hybridized carbons (Fsp3) is 0.400. The van der Waals surface area contributed by atoms with Gasteiger partial charge in [0.05, 0.1) is 19.6 Å². The van der Waals surface area contributed by atoms with Crippen LogP contribution in [0.15, 0.2) is 54.6 Å². The van der Waals surface area contributed by atoms with Crippen molar-refractivity contribution in [3.05, 3.63) is 76.9 Å². The maximum atomic E-state index is 13.2. The smallest absolute Gasteiger partial charge is 0.344 e. The van der Waals surface area contributed by atoms with Crippen molar-refractivity contribution >= 4 is 17.8 Å². The second-order valence-corrected chi connectivity index (χ2v) is 11.0. The molecule has 11 heteroatoms. The van der Waals surface area contributed by atoms with Crippen molar-refractivity contribution in [1.82, 2.24) is 4.90 Å². The molecule has 0 saturated carbocycles. The molecule has 46 heavy (non-hydrogen) atoms. The number of benzene rings is 3. The van der Waals surface area contributed by atoms with Crippen LogP contribution in [0.25, 0.3) is 0 Å². The molecule has 1 N–H and O–H groups in total. The lowest BCUT2D eigenvalue weighted by atomic mass is 9.79. The van der Waals surface area contributed by atoms with Gasteiger partial charge in [0.15, 0.2) is 24.7 Å². The zero-order chi connectivity index (χ0) is 32.8. The van der Waals surface area contributed by atoms with Crippen LogP contribution in [0.2, 0.25) is 0 Å². The van der Waals surface area contributed by atoms with Crippen molar-refractivity contribution < 1.29 is 47.9 Å². The van der Waals surface area contributed by atoms with Gasteiger partial charge in [-0.1, -0.05) is 25.1 Å². The highest BCUT2D eigenvalue weighted by atomic mass is 16.7. The molecule has 3 unspecified atom stereocenters. The Morgan fingerprint density at radius 1 is 0.826 bits per heavy atom. The minimum atomic E-state index is -1.00. The van der Waals surface area contributed by atoms with E-state index in [0.29, 0.717) is 48.3 Å². The van der Waals surface area contributed by atoms with E-state index in [1.54, 1.807) is 29.2 Å². The van der Waals surface area contributed by atoms with Gasteiger partial charge < -0.3 is 38.4 Å². The van der Waals surface area contributed by atoms with Crippen molar-refractivity contribution in [3.8, 4) is 28.7 Å². The molecule has 0 radical (unpaired) electrons. The maximum Gasteiger partial charge on any atom is 0.344 e. The summed E-state index contributed by atoms with van der Waals surface area (Å²) in [5.41, 5.74) is 2.92. The SMILES string of the molecule is CCCOc1ccc2c(c1)C(c1ccc(OC)cc1OCC(=O)OCC(=O)N(CC)CC)C(C(=O)O)C2c1ccc2c(c1)OCO2. The Morgan fingerprint density at radius 2 is 1.57 bits per heavy atom. The fourth-order valence-electron chi connectivity index (χ4n) is 6.15. The van der Waals surface area contributed by atoms with Crippen molar-refractivity contribution in [3.63, 3.8) is 0 Å². The van der Waals surface area contributed by atoms with E-state index in [0.717, 1.165) is 23.1 Å². The first-order valence-corrected chi connectivity index (χ1v) is 15.4. The molecule has 11 nitrogen and oxygen atoms in total. The molecule has 0 aromatic heterocycles. The number of amides is 1. The zero-order valence-electron chi connectivity index (χ0n) is 26.4. The number of carboxylic acid groups (broad SMARTS) is 1. The van der Waals surface area contributed by atoms with Crippen molar-refractivity contribution in [1.29, 1.82) is 0 Å². The predicted molar refractivity (Wildman–Crippen MR) is 167 cm³/mol. The maximum absolute atomic E-state index is 13.2. The number of methoxy groups -OCH3 is 1. The minimum Gasteiger partial charge on any atom is -0.497 e. The summed E-state index contributed by atoms with van der Waals surface area (Å²) >= 11 is 0. The molecule has 0 fully saturated rings. The first kappa shape index (κ1) is 32.5. The van der Waals surface area contributed by atoms with E-state index < -0.39 is 42.9 Å². The molecule has 3 aromatic carbocycles. The van der Waals surface area contributed by atoms with Gasteiger partial charge in [-0.05, 0) is 67.3 Å². The first-order valence-electron chi connectivity index (χ1n) is 15.4. The molecular formula is C35H39NO10. The second-order valence-electron chi connectivity index (χ2n) is 11.0. The van der Waals surface area contributed by atoms with Gasteiger partial charge in [0.1, 0.15) is 17.2 Å². The molecule has 0 spiro atoms. The van der Waals surface area contributed by atoms with Gasteiger partial charge >= 0.3 is 11.9 Å². The van der Waals surface area contributed by atoms with Gasteiger partial charge in [-0.15, -0.1) is 0 Å². The highest BCUT2D eigenvalue weighted by molar-refractivity contribution is 5.81. The van der Waals surface area contributed by atoms with Crippen LogP contribution in [-0.2, 0) is 19.1 Å². The summed E-state index contributed by atoms with van der Waals surface area (Å²) < 4.78 is 33.7. The topological polar surface area (TPSA) is 130 Å². The van der Waals surface area contributed by atoms with E-state index in [4.69, 9.17) is 28.4 Å². The Hall–Kier alpha value is -4.93. The van der Waals surface area contributed by atoms with Crippen LogP contribution in [0.1, 0.15) is 61.3 Å². The Bertz CT molecular complexity index is 1580. The number of ether oxygens (including phenoxy) is 6. The van der Waals surface area contributed by atoms with E-state index in [1.807, 2.05) is 51.1 Å². The third-order valence-corrected chi connectivity index (χ3v) is 8.33. The van der Waals surface area contributed by atoms with E-state index in [9.17, 15) is 19.5 Å². The van der Waals surface area contributed by atoms with E-state index >= 15 is 0 Å². The van der Waals surface area contributed by atoms with Crippen LogP contribution in [0.3, 0.4) is 0 Å². The molecule has 3 aromatic rings. The number of carbonyl (C=O) groups excluding carboxylic acids is 2. The average Bonchev–Trinajstić information content (AvgIpc) is 3.68. The summed E-state index contributed by atoms with van der Waals surface area (Å²) in [7, 11) is 1.50. The van der Waals surface area contributed by atoms with Gasteiger partial charge in [0.2, 0.25) is 6.79 Å². The minimum absolute atomic E-state index is 0.0990. The molecular weight excluding hydrogens is 594 g/mol. The third kappa shape index (κ3) is 6.68. The first-order chi connectivity index (χ1) is 22.3.